The Kier molecular flexibility index (Phi) is 6.00. The van der Waals surface area contributed by atoms with Crippen molar-refractivity contribution in [2.24, 2.45) is 0 Å². The summed E-state index contributed by atoms with van der Waals surface area (Å²) in [7, 11) is 1.50. The zero-order valence-electron chi connectivity index (χ0n) is 19.0. The van der Waals surface area contributed by atoms with Gasteiger partial charge in [-0.2, -0.15) is 0 Å². The Labute approximate surface area is 204 Å². The summed E-state index contributed by atoms with van der Waals surface area (Å²) in [6.07, 6.45) is 1.35. The molecule has 4 aromatic rings. The van der Waals surface area contributed by atoms with Gasteiger partial charge in [-0.3, -0.25) is 9.59 Å². The van der Waals surface area contributed by atoms with E-state index in [2.05, 4.69) is 25.9 Å². The van der Waals surface area contributed by atoms with Crippen LogP contribution in [-0.4, -0.2) is 42.8 Å². The SMILES string of the molecule is COc1cc2ncnc(Nc3cccc(Cl)c3F)c2cc1Nc1c(N2CCNCC2C)c(=O)c1=O. The number of halogens is 2. The predicted octanol–water partition coefficient (Wildman–Crippen LogP) is 3.31. The molecule has 0 bridgehead atoms. The molecule has 2 heterocycles. The third-order valence-corrected chi connectivity index (χ3v) is 6.39. The fourth-order valence-corrected chi connectivity index (χ4v) is 4.43. The van der Waals surface area contributed by atoms with E-state index >= 15 is 0 Å². The number of nitrogens with one attached hydrogen (secondary N) is 3. The van der Waals surface area contributed by atoms with Crippen LogP contribution in [0.1, 0.15) is 6.92 Å². The van der Waals surface area contributed by atoms with Crippen molar-refractivity contribution in [1.29, 1.82) is 0 Å². The van der Waals surface area contributed by atoms with Crippen LogP contribution in [0.25, 0.3) is 10.9 Å². The number of piperazine rings is 1. The lowest BCUT2D eigenvalue weighted by atomic mass is 10.1. The number of benzene rings is 2. The van der Waals surface area contributed by atoms with Gasteiger partial charge in [-0.15, -0.1) is 0 Å². The van der Waals surface area contributed by atoms with Crippen molar-refractivity contribution < 1.29 is 9.13 Å². The van der Waals surface area contributed by atoms with Crippen LogP contribution in [-0.2, 0) is 0 Å². The van der Waals surface area contributed by atoms with Crippen LogP contribution in [0.15, 0.2) is 46.2 Å². The topological polar surface area (TPSA) is 108 Å². The molecule has 0 saturated carbocycles. The molecule has 1 aromatic heterocycles. The molecule has 5 rings (SSSR count). The van der Waals surface area contributed by atoms with Crippen molar-refractivity contribution in [3.63, 3.8) is 0 Å². The van der Waals surface area contributed by atoms with Gasteiger partial charge >= 0.3 is 0 Å². The molecule has 1 fully saturated rings. The number of methoxy groups -OCH3 is 1. The second-order valence-corrected chi connectivity index (χ2v) is 8.68. The largest absolute Gasteiger partial charge is 0.494 e. The van der Waals surface area contributed by atoms with Gasteiger partial charge in [0.25, 0.3) is 10.9 Å². The predicted molar refractivity (Wildman–Crippen MR) is 135 cm³/mol. The molecule has 0 aliphatic carbocycles. The number of anilines is 5. The Bertz CT molecular complexity index is 1500. The number of hydrogen-bond acceptors (Lipinski definition) is 9. The fourth-order valence-electron chi connectivity index (χ4n) is 4.26. The van der Waals surface area contributed by atoms with Gasteiger partial charge in [0.1, 0.15) is 29.3 Å². The monoisotopic (exact) mass is 496 g/mol. The molecule has 1 unspecified atom stereocenters. The maximum atomic E-state index is 14.5. The summed E-state index contributed by atoms with van der Waals surface area (Å²) in [5, 5.41) is 9.85. The summed E-state index contributed by atoms with van der Waals surface area (Å²) >= 11 is 5.91. The van der Waals surface area contributed by atoms with E-state index in [9.17, 15) is 14.0 Å². The second-order valence-electron chi connectivity index (χ2n) is 8.27. The van der Waals surface area contributed by atoms with Crippen molar-refractivity contribution in [2.45, 2.75) is 13.0 Å². The van der Waals surface area contributed by atoms with Gasteiger partial charge in [-0.05, 0) is 25.1 Å². The molecular formula is C24H22ClFN6O3. The average Bonchev–Trinajstić information content (AvgIpc) is 2.87. The van der Waals surface area contributed by atoms with Crippen molar-refractivity contribution in [3.05, 3.63) is 67.9 Å². The summed E-state index contributed by atoms with van der Waals surface area (Å²) < 4.78 is 20.0. The van der Waals surface area contributed by atoms with Crippen molar-refractivity contribution in [1.82, 2.24) is 15.3 Å². The lowest BCUT2D eigenvalue weighted by Gasteiger charge is -2.37. The minimum atomic E-state index is -0.605. The summed E-state index contributed by atoms with van der Waals surface area (Å²) in [5.74, 6) is 0.151. The van der Waals surface area contributed by atoms with Crippen LogP contribution in [0.3, 0.4) is 0 Å². The summed E-state index contributed by atoms with van der Waals surface area (Å²) in [5.41, 5.74) is 0.622. The molecule has 1 aliphatic heterocycles. The standard InChI is InChI=1S/C24H22ClFN6O3/c1-12-10-27-6-7-32(12)21-20(22(33)23(21)34)30-17-8-13-16(9-18(17)35-2)28-11-29-24(13)31-15-5-3-4-14(25)19(15)26/h3-5,8-9,11-12,27,30H,6-7,10H2,1-2H3,(H,28,29,31). The van der Waals surface area contributed by atoms with Gasteiger partial charge in [0, 0.05) is 37.1 Å². The van der Waals surface area contributed by atoms with E-state index in [1.807, 2.05) is 11.8 Å². The fraction of sp³-hybridized carbons (Fsp3) is 0.250. The quantitative estimate of drug-likeness (QED) is 0.346. The maximum absolute atomic E-state index is 14.5. The zero-order chi connectivity index (χ0) is 24.7. The van der Waals surface area contributed by atoms with Crippen molar-refractivity contribution in [3.8, 4) is 5.75 Å². The first kappa shape index (κ1) is 23.0. The Morgan fingerprint density at radius 2 is 2.00 bits per heavy atom. The Balaban J connectivity index is 1.56. The molecule has 180 valence electrons. The molecule has 9 nitrogen and oxygen atoms in total. The minimum Gasteiger partial charge on any atom is -0.494 e. The molecule has 1 aliphatic rings. The van der Waals surface area contributed by atoms with Crippen LogP contribution in [0, 0.1) is 5.82 Å². The molecule has 11 heteroatoms. The van der Waals surface area contributed by atoms with Crippen molar-refractivity contribution in [2.75, 3.05) is 42.3 Å². The molecule has 1 saturated heterocycles. The first-order chi connectivity index (χ1) is 16.9. The number of hydrogen-bond donors (Lipinski definition) is 3. The van der Waals surface area contributed by atoms with Crippen LogP contribution in [0.4, 0.5) is 33.0 Å². The maximum Gasteiger partial charge on any atom is 0.253 e. The highest BCUT2D eigenvalue weighted by atomic mass is 35.5. The van der Waals surface area contributed by atoms with E-state index in [0.717, 1.165) is 0 Å². The van der Waals surface area contributed by atoms with E-state index in [-0.39, 0.29) is 22.4 Å². The number of nitrogens with zero attached hydrogens (tertiary/aromatic N) is 3. The van der Waals surface area contributed by atoms with Gasteiger partial charge in [-0.25, -0.2) is 14.4 Å². The second kappa shape index (κ2) is 9.12. The van der Waals surface area contributed by atoms with Gasteiger partial charge in [0.2, 0.25) is 0 Å². The van der Waals surface area contributed by atoms with Gasteiger partial charge in [0.05, 0.1) is 29.0 Å². The summed E-state index contributed by atoms with van der Waals surface area (Å²) in [6, 6.07) is 8.05. The summed E-state index contributed by atoms with van der Waals surface area (Å²) in [4.78, 5) is 35.5. The molecule has 0 spiro atoms. The third-order valence-electron chi connectivity index (χ3n) is 6.09. The van der Waals surface area contributed by atoms with Crippen LogP contribution >= 0.6 is 11.6 Å². The van der Waals surface area contributed by atoms with E-state index in [1.54, 1.807) is 24.3 Å². The van der Waals surface area contributed by atoms with E-state index < -0.39 is 16.7 Å². The Hall–Kier alpha value is -3.76. The van der Waals surface area contributed by atoms with Gasteiger partial charge < -0.3 is 25.6 Å². The first-order valence-electron chi connectivity index (χ1n) is 11.0. The van der Waals surface area contributed by atoms with Gasteiger partial charge in [0.15, 0.2) is 5.82 Å². The lowest BCUT2D eigenvalue weighted by molar-refractivity contribution is 0.417. The first-order valence-corrected chi connectivity index (χ1v) is 11.4. The number of ether oxygens (including phenoxy) is 1. The number of rotatable bonds is 6. The highest BCUT2D eigenvalue weighted by Crippen LogP contribution is 2.37. The van der Waals surface area contributed by atoms with Crippen LogP contribution < -0.4 is 36.4 Å². The van der Waals surface area contributed by atoms with Crippen molar-refractivity contribution >= 4 is 51.1 Å². The Morgan fingerprint density at radius 3 is 2.77 bits per heavy atom. The van der Waals surface area contributed by atoms with E-state index in [4.69, 9.17) is 16.3 Å². The zero-order valence-corrected chi connectivity index (χ0v) is 19.7. The molecule has 35 heavy (non-hydrogen) atoms. The summed E-state index contributed by atoms with van der Waals surface area (Å²) in [6.45, 7) is 4.04. The molecule has 3 aromatic carbocycles. The number of aromatic nitrogens is 2. The van der Waals surface area contributed by atoms with E-state index in [0.29, 0.717) is 53.5 Å². The van der Waals surface area contributed by atoms with Crippen LogP contribution in [0.2, 0.25) is 5.02 Å². The lowest BCUT2D eigenvalue weighted by Crippen LogP contribution is -2.54. The highest BCUT2D eigenvalue weighted by Gasteiger charge is 2.31. The molecule has 3 N–H and O–H groups in total. The third kappa shape index (κ3) is 4.04. The number of fused-ring (bicyclic) bond motifs is 1. The molecule has 0 radical (unpaired) electrons. The highest BCUT2D eigenvalue weighted by molar-refractivity contribution is 6.31. The minimum absolute atomic E-state index is 0.0212. The average molecular weight is 497 g/mol. The Morgan fingerprint density at radius 1 is 1.17 bits per heavy atom. The van der Waals surface area contributed by atoms with Crippen LogP contribution in [0.5, 0.6) is 5.75 Å². The smallest absolute Gasteiger partial charge is 0.253 e. The van der Waals surface area contributed by atoms with E-state index in [1.165, 1.54) is 19.5 Å². The molecule has 0 amide bonds. The van der Waals surface area contributed by atoms with Gasteiger partial charge in [-0.1, -0.05) is 17.7 Å². The molecule has 1 atom stereocenters. The molecular weight excluding hydrogens is 475 g/mol. The normalized spacial score (nSPS) is 16.0.